The Morgan fingerprint density at radius 2 is 1.93 bits per heavy atom. The van der Waals surface area contributed by atoms with E-state index in [2.05, 4.69) is 26.1 Å². The van der Waals surface area contributed by atoms with Crippen LogP contribution in [0.3, 0.4) is 0 Å². The van der Waals surface area contributed by atoms with Crippen LogP contribution in [0, 0.1) is 17.3 Å². The summed E-state index contributed by atoms with van der Waals surface area (Å²) >= 11 is 0. The third-order valence-electron chi connectivity index (χ3n) is 9.94. The van der Waals surface area contributed by atoms with E-state index in [-0.39, 0.29) is 41.0 Å². The lowest BCUT2D eigenvalue weighted by molar-refractivity contribution is -0.126. The van der Waals surface area contributed by atoms with E-state index in [1.807, 2.05) is 20.0 Å². The van der Waals surface area contributed by atoms with Gasteiger partial charge in [0.15, 0.2) is 0 Å². The third kappa shape index (κ3) is 7.97. The van der Waals surface area contributed by atoms with Crippen LogP contribution in [-0.2, 0) is 20.7 Å². The molecule has 0 aromatic carbocycles. The number of ketones is 1. The van der Waals surface area contributed by atoms with Crippen LogP contribution in [0.25, 0.3) is 5.78 Å². The van der Waals surface area contributed by atoms with Crippen LogP contribution in [0.2, 0.25) is 0 Å². The second-order valence-electron chi connectivity index (χ2n) is 14.3. The van der Waals surface area contributed by atoms with Crippen molar-refractivity contribution in [3.05, 3.63) is 23.3 Å². The number of hydrogen-bond donors (Lipinski definition) is 1. The molecule has 1 N–H and O–H groups in total. The summed E-state index contributed by atoms with van der Waals surface area (Å²) in [6.07, 6.45) is 8.87. The van der Waals surface area contributed by atoms with Gasteiger partial charge in [-0.05, 0) is 79.1 Å². The van der Waals surface area contributed by atoms with Crippen LogP contribution in [0.15, 0.2) is 6.20 Å². The first-order chi connectivity index (χ1) is 20.2. The van der Waals surface area contributed by atoms with Crippen LogP contribution in [0.5, 0.6) is 0 Å². The summed E-state index contributed by atoms with van der Waals surface area (Å²) in [5.41, 5.74) is 0.114. The molecular formula is C33H51F2N5O3. The molecule has 4 atom stereocenters. The van der Waals surface area contributed by atoms with Gasteiger partial charge in [0.2, 0.25) is 5.91 Å². The Hall–Kier alpha value is -2.49. The Labute approximate surface area is 255 Å². The molecule has 10 heteroatoms. The van der Waals surface area contributed by atoms with Crippen molar-refractivity contribution in [3.8, 4) is 0 Å². The predicted octanol–water partition coefficient (Wildman–Crippen LogP) is 6.46. The molecule has 0 spiro atoms. The molecule has 1 aliphatic carbocycles. The minimum Gasteiger partial charge on any atom is -0.376 e. The smallest absolute Gasteiger partial charge is 0.251 e. The number of carbonyl (C=O) groups is 2. The van der Waals surface area contributed by atoms with Gasteiger partial charge in [0.1, 0.15) is 18.1 Å². The zero-order valence-electron chi connectivity index (χ0n) is 27.1. The van der Waals surface area contributed by atoms with Crippen molar-refractivity contribution in [2.75, 3.05) is 19.8 Å². The van der Waals surface area contributed by atoms with Gasteiger partial charge in [-0.15, -0.1) is 0 Å². The molecule has 0 radical (unpaired) electrons. The monoisotopic (exact) mass is 603 g/mol. The molecule has 8 nitrogen and oxygen atoms in total. The lowest BCUT2D eigenvalue weighted by Gasteiger charge is -2.35. The highest BCUT2D eigenvalue weighted by molar-refractivity contribution is 5.79. The minimum absolute atomic E-state index is 0.0782. The minimum atomic E-state index is -1.76. The van der Waals surface area contributed by atoms with Gasteiger partial charge < -0.3 is 10.1 Å². The molecule has 43 heavy (non-hydrogen) atoms. The molecule has 3 fully saturated rings. The number of aromatic nitrogens is 4. The lowest BCUT2D eigenvalue weighted by Crippen LogP contribution is -2.38. The van der Waals surface area contributed by atoms with E-state index < -0.39 is 17.8 Å². The average molecular weight is 604 g/mol. The maximum absolute atomic E-state index is 14.8. The van der Waals surface area contributed by atoms with Crippen LogP contribution in [0.4, 0.5) is 8.78 Å². The lowest BCUT2D eigenvalue weighted by atomic mass is 9.82. The molecular weight excluding hydrogens is 552 g/mol. The molecule has 4 heterocycles. The average Bonchev–Trinajstić information content (AvgIpc) is 3.64. The third-order valence-corrected chi connectivity index (χ3v) is 9.94. The van der Waals surface area contributed by atoms with E-state index >= 15 is 0 Å². The summed E-state index contributed by atoms with van der Waals surface area (Å²) in [4.78, 5) is 32.5. The fourth-order valence-corrected chi connectivity index (χ4v) is 6.29. The SMILES string of the molecule is CC(=O)C(C)C.CC(CCC1(C(C)(F)CF)CC1)c1cn2nc(C[C@H]3CCCNC3=O)c(C3CCOC(C)(C)C3)nc2n1. The number of amides is 1. The van der Waals surface area contributed by atoms with Crippen molar-refractivity contribution in [3.63, 3.8) is 0 Å². The number of nitrogens with zero attached hydrogens (tertiary/aromatic N) is 4. The molecule has 2 saturated heterocycles. The standard InChI is InChI=1S/C28H41F2N5O2.C5H10O/c1-18(7-9-28(10-11-28)27(4,30)17-29)22-16-35-25(32-22)33-23(20-8-13-37-26(2,3)15-20)21(34-35)14-19-6-5-12-31-24(19)36;1-4(2)5(3)6/h16,18-20H,5-15,17H2,1-4H3,(H,31,36);4H,1-3H3/t18?,19-,20?,27?;/m1./s1. The fraction of sp³-hybridized carbons (Fsp3) is 0.788. The summed E-state index contributed by atoms with van der Waals surface area (Å²) in [5.74, 6) is 1.29. The van der Waals surface area contributed by atoms with E-state index in [0.717, 1.165) is 68.6 Å². The zero-order chi connectivity index (χ0) is 31.6. The predicted molar refractivity (Wildman–Crippen MR) is 163 cm³/mol. The summed E-state index contributed by atoms with van der Waals surface area (Å²) in [6, 6.07) is 0. The van der Waals surface area contributed by atoms with Gasteiger partial charge in [0.25, 0.3) is 5.78 Å². The van der Waals surface area contributed by atoms with Crippen LogP contribution in [-0.4, -0.2) is 62.4 Å². The van der Waals surface area contributed by atoms with Gasteiger partial charge in [0, 0.05) is 48.7 Å². The number of nitrogens with one attached hydrogen (secondary N) is 1. The van der Waals surface area contributed by atoms with Crippen LogP contribution >= 0.6 is 0 Å². The largest absolute Gasteiger partial charge is 0.376 e. The van der Waals surface area contributed by atoms with Crippen molar-refractivity contribution in [2.45, 2.75) is 129 Å². The van der Waals surface area contributed by atoms with Crippen LogP contribution in [0.1, 0.15) is 129 Å². The topological polar surface area (TPSA) is 98.5 Å². The Morgan fingerprint density at radius 1 is 1.23 bits per heavy atom. The molecule has 3 unspecified atom stereocenters. The van der Waals surface area contributed by atoms with E-state index in [1.54, 1.807) is 11.4 Å². The molecule has 1 amide bonds. The van der Waals surface area contributed by atoms with Crippen molar-refractivity contribution in [1.82, 2.24) is 24.9 Å². The van der Waals surface area contributed by atoms with E-state index in [4.69, 9.17) is 19.8 Å². The highest BCUT2D eigenvalue weighted by atomic mass is 19.2. The molecule has 2 aromatic rings. The number of hydrogen-bond acceptors (Lipinski definition) is 6. The van der Waals surface area contributed by atoms with Gasteiger partial charge >= 0.3 is 0 Å². The summed E-state index contributed by atoms with van der Waals surface area (Å²) in [6.45, 7) is 13.5. The number of ether oxygens (including phenoxy) is 1. The number of piperidine rings is 1. The van der Waals surface area contributed by atoms with Gasteiger partial charge in [-0.1, -0.05) is 20.8 Å². The Balaban J connectivity index is 0.000000641. The molecule has 3 aliphatic rings. The van der Waals surface area contributed by atoms with Gasteiger partial charge in [-0.2, -0.15) is 5.10 Å². The quantitative estimate of drug-likeness (QED) is 0.335. The van der Waals surface area contributed by atoms with Gasteiger partial charge in [-0.3, -0.25) is 9.59 Å². The number of carbonyl (C=O) groups excluding carboxylic acids is 2. The Morgan fingerprint density at radius 3 is 2.51 bits per heavy atom. The second kappa shape index (κ2) is 13.2. The first-order valence-corrected chi connectivity index (χ1v) is 16.1. The van der Waals surface area contributed by atoms with Crippen molar-refractivity contribution in [2.24, 2.45) is 17.3 Å². The highest BCUT2D eigenvalue weighted by Crippen LogP contribution is 2.59. The van der Waals surface area contributed by atoms with Crippen molar-refractivity contribution < 1.29 is 23.1 Å². The summed E-state index contributed by atoms with van der Waals surface area (Å²) in [7, 11) is 0. The highest BCUT2D eigenvalue weighted by Gasteiger charge is 2.57. The zero-order valence-corrected chi connectivity index (χ0v) is 27.1. The van der Waals surface area contributed by atoms with Gasteiger partial charge in [-0.25, -0.2) is 23.3 Å². The fourth-order valence-electron chi connectivity index (χ4n) is 6.29. The maximum Gasteiger partial charge on any atom is 0.251 e. The summed E-state index contributed by atoms with van der Waals surface area (Å²) < 4.78 is 35.8. The van der Waals surface area contributed by atoms with E-state index in [9.17, 15) is 18.4 Å². The number of halogens is 2. The first kappa shape index (κ1) is 33.4. The van der Waals surface area contributed by atoms with E-state index in [0.29, 0.717) is 25.2 Å². The molecule has 2 aliphatic heterocycles. The van der Waals surface area contributed by atoms with E-state index in [1.165, 1.54) is 6.92 Å². The number of rotatable bonds is 10. The van der Waals surface area contributed by atoms with Crippen molar-refractivity contribution in [1.29, 1.82) is 0 Å². The molecule has 2 aromatic heterocycles. The molecule has 0 bridgehead atoms. The number of Topliss-reactive ketones (excluding diaryl/α,β-unsaturated/α-hetero) is 1. The summed E-state index contributed by atoms with van der Waals surface area (Å²) in [5, 5.41) is 7.95. The Bertz CT molecular complexity index is 1290. The first-order valence-electron chi connectivity index (χ1n) is 16.1. The molecule has 240 valence electrons. The number of alkyl halides is 2. The molecule has 1 saturated carbocycles. The maximum atomic E-state index is 14.8. The Kier molecular flexibility index (Phi) is 10.3. The normalized spacial score (nSPS) is 24.9. The number of fused-ring (bicyclic) bond motifs is 1. The van der Waals surface area contributed by atoms with Gasteiger partial charge in [0.05, 0.1) is 28.9 Å². The van der Waals surface area contributed by atoms with Crippen molar-refractivity contribution >= 4 is 17.5 Å². The number of imidazole rings is 1. The van der Waals surface area contributed by atoms with Crippen LogP contribution < -0.4 is 5.32 Å². The molecule has 5 rings (SSSR count). The second-order valence-corrected chi connectivity index (χ2v) is 14.3.